The first-order chi connectivity index (χ1) is 8.19. The number of amides is 1. The van der Waals surface area contributed by atoms with Crippen LogP contribution in [0.3, 0.4) is 0 Å². The Morgan fingerprint density at radius 2 is 1.89 bits per heavy atom. The Morgan fingerprint density at radius 3 is 2.33 bits per heavy atom. The van der Waals surface area contributed by atoms with Crippen molar-refractivity contribution in [3.8, 4) is 0 Å². The molecule has 0 unspecified atom stereocenters. The normalized spacial score (nSPS) is 10.9. The molecule has 1 aromatic rings. The minimum Gasteiger partial charge on any atom is -0.456 e. The Hall–Kier alpha value is -1.91. The van der Waals surface area contributed by atoms with Crippen molar-refractivity contribution in [2.75, 3.05) is 5.32 Å². The van der Waals surface area contributed by atoms with E-state index in [1.807, 2.05) is 0 Å². The fraction of sp³-hybridized carbons (Fsp3) is 0.385. The Labute approximate surface area is 105 Å². The van der Waals surface area contributed by atoms with Gasteiger partial charge in [0, 0.05) is 6.92 Å². The van der Waals surface area contributed by atoms with E-state index < -0.39 is 17.4 Å². The summed E-state index contributed by atoms with van der Waals surface area (Å²) in [6.07, 6.45) is 0. The predicted octanol–water partition coefficient (Wildman–Crippen LogP) is 2.74. The molecule has 1 rings (SSSR count). The van der Waals surface area contributed by atoms with Crippen LogP contribution in [-0.2, 0) is 9.53 Å². The average Bonchev–Trinajstić information content (AvgIpc) is 2.17. The van der Waals surface area contributed by atoms with Gasteiger partial charge >= 0.3 is 5.97 Å². The van der Waals surface area contributed by atoms with Crippen molar-refractivity contribution in [2.24, 2.45) is 0 Å². The summed E-state index contributed by atoms with van der Waals surface area (Å²) in [6, 6.07) is 3.78. The molecule has 0 radical (unpaired) electrons. The molecule has 0 fully saturated rings. The molecule has 1 amide bonds. The van der Waals surface area contributed by atoms with Crippen LogP contribution in [0, 0.1) is 5.82 Å². The number of ether oxygens (including phenoxy) is 1. The molecule has 0 aliphatic rings. The van der Waals surface area contributed by atoms with E-state index in [-0.39, 0.29) is 17.2 Å². The van der Waals surface area contributed by atoms with E-state index >= 15 is 0 Å². The zero-order valence-electron chi connectivity index (χ0n) is 10.8. The lowest BCUT2D eigenvalue weighted by Crippen LogP contribution is -2.24. The molecule has 98 valence electrons. The number of hydrogen-bond acceptors (Lipinski definition) is 3. The van der Waals surface area contributed by atoms with E-state index in [0.717, 1.165) is 6.07 Å². The van der Waals surface area contributed by atoms with Gasteiger partial charge in [-0.1, -0.05) is 0 Å². The lowest BCUT2D eigenvalue weighted by atomic mass is 10.1. The third kappa shape index (κ3) is 4.16. The van der Waals surface area contributed by atoms with Crippen molar-refractivity contribution in [2.45, 2.75) is 33.3 Å². The zero-order chi connectivity index (χ0) is 13.9. The molecule has 0 bridgehead atoms. The largest absolute Gasteiger partial charge is 0.456 e. The van der Waals surface area contributed by atoms with Crippen LogP contribution in [0.1, 0.15) is 38.1 Å². The van der Waals surface area contributed by atoms with Crippen molar-refractivity contribution in [3.63, 3.8) is 0 Å². The number of esters is 1. The van der Waals surface area contributed by atoms with Gasteiger partial charge in [-0.15, -0.1) is 0 Å². The lowest BCUT2D eigenvalue weighted by molar-refractivity contribution is -0.114. The van der Waals surface area contributed by atoms with Crippen molar-refractivity contribution in [3.05, 3.63) is 29.6 Å². The summed E-state index contributed by atoms with van der Waals surface area (Å²) in [5, 5.41) is 2.32. The molecule has 4 nitrogen and oxygen atoms in total. The van der Waals surface area contributed by atoms with Gasteiger partial charge in [-0.05, 0) is 39.0 Å². The maximum absolute atomic E-state index is 13.6. The number of carbonyl (C=O) groups excluding carboxylic acids is 2. The van der Waals surface area contributed by atoms with E-state index in [2.05, 4.69) is 5.32 Å². The Kier molecular flexibility index (Phi) is 4.06. The maximum atomic E-state index is 13.6. The molecular weight excluding hydrogens is 237 g/mol. The third-order valence-corrected chi connectivity index (χ3v) is 1.91. The minimum atomic E-state index is -0.673. The van der Waals surface area contributed by atoms with Gasteiger partial charge in [-0.25, -0.2) is 9.18 Å². The SMILES string of the molecule is CC(=O)Nc1ccc(C(=O)OC(C)(C)C)cc1F. The molecule has 18 heavy (non-hydrogen) atoms. The zero-order valence-corrected chi connectivity index (χ0v) is 10.8. The number of nitrogens with one attached hydrogen (secondary N) is 1. The number of rotatable bonds is 2. The Balaban J connectivity index is 2.90. The van der Waals surface area contributed by atoms with Gasteiger partial charge in [-0.2, -0.15) is 0 Å². The molecule has 0 spiro atoms. The predicted molar refractivity (Wildman–Crippen MR) is 65.9 cm³/mol. The third-order valence-electron chi connectivity index (χ3n) is 1.91. The molecule has 0 aliphatic carbocycles. The van der Waals surface area contributed by atoms with Gasteiger partial charge in [0.1, 0.15) is 11.4 Å². The summed E-state index contributed by atoms with van der Waals surface area (Å²) in [4.78, 5) is 22.5. The number of halogens is 1. The van der Waals surface area contributed by atoms with E-state index in [0.29, 0.717) is 0 Å². The van der Waals surface area contributed by atoms with Crippen LogP contribution in [0.15, 0.2) is 18.2 Å². The van der Waals surface area contributed by atoms with Gasteiger partial charge in [-0.3, -0.25) is 4.79 Å². The van der Waals surface area contributed by atoms with Gasteiger partial charge < -0.3 is 10.1 Å². The Bertz CT molecular complexity index is 478. The fourth-order valence-electron chi connectivity index (χ4n) is 1.27. The summed E-state index contributed by atoms with van der Waals surface area (Å²) in [5.41, 5.74) is -0.490. The summed E-state index contributed by atoms with van der Waals surface area (Å²) in [5.74, 6) is -1.65. The number of benzene rings is 1. The van der Waals surface area contributed by atoms with E-state index in [1.54, 1.807) is 20.8 Å². The second-order valence-corrected chi connectivity index (χ2v) is 4.88. The smallest absolute Gasteiger partial charge is 0.338 e. The van der Waals surface area contributed by atoms with Crippen LogP contribution < -0.4 is 5.32 Å². The van der Waals surface area contributed by atoms with Crippen LogP contribution in [-0.4, -0.2) is 17.5 Å². The summed E-state index contributed by atoms with van der Waals surface area (Å²) in [7, 11) is 0. The first kappa shape index (κ1) is 14.2. The average molecular weight is 253 g/mol. The monoisotopic (exact) mass is 253 g/mol. The fourth-order valence-corrected chi connectivity index (χ4v) is 1.27. The van der Waals surface area contributed by atoms with E-state index in [4.69, 9.17) is 4.74 Å². The molecule has 0 heterocycles. The summed E-state index contributed by atoms with van der Waals surface area (Å²) < 4.78 is 18.7. The van der Waals surface area contributed by atoms with Crippen LogP contribution in [0.5, 0.6) is 0 Å². The van der Waals surface area contributed by atoms with Crippen molar-refractivity contribution in [1.29, 1.82) is 0 Å². The number of carbonyl (C=O) groups is 2. The van der Waals surface area contributed by atoms with Crippen molar-refractivity contribution < 1.29 is 18.7 Å². The first-order valence-corrected chi connectivity index (χ1v) is 5.49. The maximum Gasteiger partial charge on any atom is 0.338 e. The molecule has 0 aromatic heterocycles. The minimum absolute atomic E-state index is 0.0369. The van der Waals surface area contributed by atoms with Gasteiger partial charge in [0.05, 0.1) is 11.3 Å². The van der Waals surface area contributed by atoms with E-state index in [9.17, 15) is 14.0 Å². The number of hydrogen-bond donors (Lipinski definition) is 1. The van der Waals surface area contributed by atoms with E-state index in [1.165, 1.54) is 19.1 Å². The van der Waals surface area contributed by atoms with Crippen molar-refractivity contribution >= 4 is 17.6 Å². The second-order valence-electron chi connectivity index (χ2n) is 4.88. The van der Waals surface area contributed by atoms with Crippen molar-refractivity contribution in [1.82, 2.24) is 0 Å². The molecule has 5 heteroatoms. The highest BCUT2D eigenvalue weighted by atomic mass is 19.1. The molecule has 0 saturated heterocycles. The topological polar surface area (TPSA) is 55.4 Å². The van der Waals surface area contributed by atoms with Crippen LogP contribution in [0.25, 0.3) is 0 Å². The highest BCUT2D eigenvalue weighted by Crippen LogP contribution is 2.18. The molecule has 1 N–H and O–H groups in total. The summed E-state index contributed by atoms with van der Waals surface area (Å²) in [6.45, 7) is 6.47. The first-order valence-electron chi connectivity index (χ1n) is 5.49. The quantitative estimate of drug-likeness (QED) is 0.824. The van der Waals surface area contributed by atoms with Crippen LogP contribution >= 0.6 is 0 Å². The summed E-state index contributed by atoms with van der Waals surface area (Å²) >= 11 is 0. The molecule has 1 aromatic carbocycles. The molecule has 0 aliphatic heterocycles. The van der Waals surface area contributed by atoms with Gasteiger partial charge in [0.2, 0.25) is 5.91 Å². The number of anilines is 1. The molecule has 0 saturated carbocycles. The molecule has 0 atom stereocenters. The van der Waals surface area contributed by atoms with Crippen LogP contribution in [0.2, 0.25) is 0 Å². The van der Waals surface area contributed by atoms with Gasteiger partial charge in [0.15, 0.2) is 0 Å². The second kappa shape index (κ2) is 5.16. The van der Waals surface area contributed by atoms with Gasteiger partial charge in [0.25, 0.3) is 0 Å². The Morgan fingerprint density at radius 1 is 1.28 bits per heavy atom. The standard InChI is InChI=1S/C13H16FNO3/c1-8(16)15-11-6-5-9(7-10(11)14)12(17)18-13(2,3)4/h5-7H,1-4H3,(H,15,16). The molecular formula is C13H16FNO3. The highest BCUT2D eigenvalue weighted by Gasteiger charge is 2.19. The highest BCUT2D eigenvalue weighted by molar-refractivity contribution is 5.92. The lowest BCUT2D eigenvalue weighted by Gasteiger charge is -2.19. The van der Waals surface area contributed by atoms with Crippen LogP contribution in [0.4, 0.5) is 10.1 Å².